The summed E-state index contributed by atoms with van der Waals surface area (Å²) in [6.45, 7) is 0.490. The number of nitrogens with two attached hydrogens (primary N) is 1. The van der Waals surface area contributed by atoms with E-state index in [1.54, 1.807) is 11.3 Å². The van der Waals surface area contributed by atoms with Crippen LogP contribution in [-0.2, 0) is 6.54 Å². The molecule has 1 aromatic rings. The first-order chi connectivity index (χ1) is 6.38. The van der Waals surface area contributed by atoms with Gasteiger partial charge in [0.2, 0.25) is 5.13 Å². The fraction of sp³-hybridized carbons (Fsp3) is 0.750. The Hall–Kier alpha value is -0.680. The van der Waals surface area contributed by atoms with Crippen molar-refractivity contribution in [1.82, 2.24) is 10.2 Å². The third kappa shape index (κ3) is 2.16. The first kappa shape index (κ1) is 8.90. The maximum Gasteiger partial charge on any atom is 0.205 e. The molecule has 5 heteroatoms. The number of hydrogen-bond donors (Lipinski definition) is 2. The van der Waals surface area contributed by atoms with Gasteiger partial charge in [-0.05, 0) is 12.8 Å². The van der Waals surface area contributed by atoms with Crippen LogP contribution in [0.1, 0.15) is 30.7 Å². The van der Waals surface area contributed by atoms with Gasteiger partial charge in [-0.3, -0.25) is 0 Å². The average Bonchev–Trinajstić information content (AvgIpc) is 2.76. The van der Waals surface area contributed by atoms with Crippen LogP contribution in [0.15, 0.2) is 0 Å². The van der Waals surface area contributed by atoms with Gasteiger partial charge in [0.15, 0.2) is 0 Å². The van der Waals surface area contributed by atoms with Gasteiger partial charge in [0.05, 0.1) is 0 Å². The van der Waals surface area contributed by atoms with E-state index in [2.05, 4.69) is 15.5 Å². The summed E-state index contributed by atoms with van der Waals surface area (Å²) in [4.78, 5) is 0. The van der Waals surface area contributed by atoms with Crippen LogP contribution in [0.25, 0.3) is 0 Å². The Morgan fingerprint density at radius 1 is 1.38 bits per heavy atom. The number of nitrogens with one attached hydrogen (secondary N) is 1. The van der Waals surface area contributed by atoms with Crippen molar-refractivity contribution < 1.29 is 0 Å². The average molecular weight is 198 g/mol. The van der Waals surface area contributed by atoms with Crippen LogP contribution in [0.2, 0.25) is 0 Å². The van der Waals surface area contributed by atoms with E-state index in [0.717, 1.165) is 10.1 Å². The van der Waals surface area contributed by atoms with Gasteiger partial charge in [0.25, 0.3) is 0 Å². The first-order valence-corrected chi connectivity index (χ1v) is 5.49. The predicted molar refractivity (Wildman–Crippen MR) is 53.7 cm³/mol. The molecule has 0 aliphatic heterocycles. The van der Waals surface area contributed by atoms with Crippen molar-refractivity contribution in [2.75, 3.05) is 5.32 Å². The largest absolute Gasteiger partial charge is 0.357 e. The third-order valence-electron chi connectivity index (χ3n) is 2.32. The van der Waals surface area contributed by atoms with E-state index in [4.69, 9.17) is 5.73 Å². The summed E-state index contributed by atoms with van der Waals surface area (Å²) in [6.07, 6.45) is 5.19. The Kier molecular flexibility index (Phi) is 2.75. The second kappa shape index (κ2) is 4.02. The third-order valence-corrected chi connectivity index (χ3v) is 3.20. The van der Waals surface area contributed by atoms with Crippen LogP contribution in [0, 0.1) is 0 Å². The normalized spacial score (nSPS) is 17.9. The Morgan fingerprint density at radius 2 is 2.15 bits per heavy atom. The lowest BCUT2D eigenvalue weighted by Gasteiger charge is -2.08. The van der Waals surface area contributed by atoms with Crippen LogP contribution < -0.4 is 11.1 Å². The van der Waals surface area contributed by atoms with Crippen molar-refractivity contribution in [2.45, 2.75) is 38.3 Å². The number of anilines is 1. The zero-order valence-electron chi connectivity index (χ0n) is 7.49. The fourth-order valence-electron chi connectivity index (χ4n) is 1.64. The van der Waals surface area contributed by atoms with Gasteiger partial charge in [-0.1, -0.05) is 24.2 Å². The topological polar surface area (TPSA) is 63.8 Å². The maximum absolute atomic E-state index is 5.45. The molecule has 3 N–H and O–H groups in total. The second-order valence-corrected chi connectivity index (χ2v) is 4.39. The van der Waals surface area contributed by atoms with Crippen LogP contribution in [-0.4, -0.2) is 16.2 Å². The Labute approximate surface area is 81.6 Å². The standard InChI is InChI=1S/C8H14N4S/c9-5-7-11-12-8(13-7)10-6-3-1-2-4-6/h6H,1-5,9H2,(H,10,12). The lowest BCUT2D eigenvalue weighted by molar-refractivity contribution is 0.751. The van der Waals surface area contributed by atoms with Crippen LogP contribution >= 0.6 is 11.3 Å². The van der Waals surface area contributed by atoms with Gasteiger partial charge in [0, 0.05) is 12.6 Å². The van der Waals surface area contributed by atoms with Crippen LogP contribution in [0.5, 0.6) is 0 Å². The molecule has 0 atom stereocenters. The van der Waals surface area contributed by atoms with E-state index in [9.17, 15) is 0 Å². The van der Waals surface area contributed by atoms with Gasteiger partial charge in [-0.2, -0.15) is 0 Å². The zero-order valence-corrected chi connectivity index (χ0v) is 8.31. The van der Waals surface area contributed by atoms with Crippen molar-refractivity contribution in [3.8, 4) is 0 Å². The van der Waals surface area contributed by atoms with Crippen molar-refractivity contribution in [1.29, 1.82) is 0 Å². The van der Waals surface area contributed by atoms with Crippen molar-refractivity contribution >= 4 is 16.5 Å². The monoisotopic (exact) mass is 198 g/mol. The Morgan fingerprint density at radius 3 is 2.77 bits per heavy atom. The summed E-state index contributed by atoms with van der Waals surface area (Å²) >= 11 is 1.56. The molecule has 4 nitrogen and oxygen atoms in total. The van der Waals surface area contributed by atoms with E-state index in [0.29, 0.717) is 12.6 Å². The summed E-state index contributed by atoms with van der Waals surface area (Å²) in [5.41, 5.74) is 5.45. The van der Waals surface area contributed by atoms with E-state index in [-0.39, 0.29) is 0 Å². The summed E-state index contributed by atoms with van der Waals surface area (Å²) in [5, 5.41) is 13.2. The molecule has 0 bridgehead atoms. The summed E-state index contributed by atoms with van der Waals surface area (Å²) in [6, 6.07) is 0.610. The fourth-order valence-corrected chi connectivity index (χ4v) is 2.33. The molecule has 1 aliphatic rings. The molecule has 0 saturated heterocycles. The maximum atomic E-state index is 5.45. The molecule has 0 amide bonds. The lowest BCUT2D eigenvalue weighted by atomic mass is 10.3. The predicted octanol–water partition coefficient (Wildman–Crippen LogP) is 1.35. The number of nitrogens with zero attached hydrogens (tertiary/aromatic N) is 2. The minimum atomic E-state index is 0.490. The molecule has 72 valence electrons. The van der Waals surface area contributed by atoms with E-state index >= 15 is 0 Å². The van der Waals surface area contributed by atoms with E-state index in [1.807, 2.05) is 0 Å². The quantitative estimate of drug-likeness (QED) is 0.769. The van der Waals surface area contributed by atoms with Crippen LogP contribution in [0.4, 0.5) is 5.13 Å². The molecule has 13 heavy (non-hydrogen) atoms. The molecule has 1 aliphatic carbocycles. The van der Waals surface area contributed by atoms with Gasteiger partial charge < -0.3 is 11.1 Å². The summed E-state index contributed by atoms with van der Waals surface area (Å²) in [5.74, 6) is 0. The SMILES string of the molecule is NCc1nnc(NC2CCCC2)s1. The summed E-state index contributed by atoms with van der Waals surface area (Å²) in [7, 11) is 0. The molecule has 1 aromatic heterocycles. The van der Waals surface area contributed by atoms with Crippen molar-refractivity contribution in [2.24, 2.45) is 5.73 Å². The second-order valence-electron chi connectivity index (χ2n) is 3.33. The summed E-state index contributed by atoms with van der Waals surface area (Å²) < 4.78 is 0. The first-order valence-electron chi connectivity index (χ1n) is 4.67. The molecule has 1 fully saturated rings. The van der Waals surface area contributed by atoms with Crippen molar-refractivity contribution in [3.63, 3.8) is 0 Å². The van der Waals surface area contributed by atoms with Gasteiger partial charge in [0.1, 0.15) is 5.01 Å². The molecule has 0 aromatic carbocycles. The lowest BCUT2D eigenvalue weighted by Crippen LogP contribution is -2.13. The number of hydrogen-bond acceptors (Lipinski definition) is 5. The molecule has 2 rings (SSSR count). The molecular weight excluding hydrogens is 184 g/mol. The van der Waals surface area contributed by atoms with Gasteiger partial charge in [-0.15, -0.1) is 10.2 Å². The van der Waals surface area contributed by atoms with Gasteiger partial charge in [-0.25, -0.2) is 0 Å². The highest BCUT2D eigenvalue weighted by Crippen LogP contribution is 2.23. The van der Waals surface area contributed by atoms with E-state index < -0.39 is 0 Å². The molecular formula is C8H14N4S. The molecule has 0 unspecified atom stereocenters. The highest BCUT2D eigenvalue weighted by molar-refractivity contribution is 7.15. The minimum absolute atomic E-state index is 0.490. The Balaban J connectivity index is 1.92. The molecule has 0 radical (unpaired) electrons. The molecule has 1 heterocycles. The Bertz CT molecular complexity index is 267. The van der Waals surface area contributed by atoms with Gasteiger partial charge >= 0.3 is 0 Å². The minimum Gasteiger partial charge on any atom is -0.357 e. The highest BCUT2D eigenvalue weighted by atomic mass is 32.1. The molecule has 0 spiro atoms. The smallest absolute Gasteiger partial charge is 0.205 e. The number of aromatic nitrogens is 2. The van der Waals surface area contributed by atoms with Crippen LogP contribution in [0.3, 0.4) is 0 Å². The number of rotatable bonds is 3. The van der Waals surface area contributed by atoms with Crippen molar-refractivity contribution in [3.05, 3.63) is 5.01 Å². The molecule has 1 saturated carbocycles. The highest BCUT2D eigenvalue weighted by Gasteiger charge is 2.15. The van der Waals surface area contributed by atoms with E-state index in [1.165, 1.54) is 25.7 Å². The zero-order chi connectivity index (χ0) is 9.10.